The highest BCUT2D eigenvalue weighted by Crippen LogP contribution is 2.32. The van der Waals surface area contributed by atoms with Gasteiger partial charge in [-0.2, -0.15) is 0 Å². The Labute approximate surface area is 112 Å². The molecule has 0 heterocycles. The third-order valence-electron chi connectivity index (χ3n) is 4.10. The summed E-state index contributed by atoms with van der Waals surface area (Å²) in [6.07, 6.45) is 6.77. The molecule has 1 atom stereocenters. The van der Waals surface area contributed by atoms with Gasteiger partial charge in [-0.1, -0.05) is 25.7 Å². The van der Waals surface area contributed by atoms with E-state index >= 15 is 0 Å². The van der Waals surface area contributed by atoms with Crippen molar-refractivity contribution in [1.29, 1.82) is 0 Å². The molecule has 1 aliphatic carbocycles. The molecule has 0 saturated heterocycles. The maximum atomic E-state index is 13.7. The van der Waals surface area contributed by atoms with Crippen LogP contribution in [-0.4, -0.2) is 7.05 Å². The van der Waals surface area contributed by atoms with Crippen molar-refractivity contribution >= 4 is 0 Å². The number of hydrogen-bond acceptors (Lipinski definition) is 1. The van der Waals surface area contributed by atoms with Crippen molar-refractivity contribution in [1.82, 2.24) is 5.32 Å². The van der Waals surface area contributed by atoms with E-state index in [1.807, 2.05) is 0 Å². The van der Waals surface area contributed by atoms with E-state index in [-0.39, 0.29) is 11.6 Å². The Balaban J connectivity index is 2.05. The van der Waals surface area contributed by atoms with E-state index in [9.17, 15) is 13.2 Å². The Hall–Kier alpha value is -1.03. The minimum absolute atomic E-state index is 0.222. The minimum Gasteiger partial charge on any atom is -0.313 e. The highest BCUT2D eigenvalue weighted by molar-refractivity contribution is 5.23. The lowest BCUT2D eigenvalue weighted by atomic mass is 9.94. The molecule has 19 heavy (non-hydrogen) atoms. The van der Waals surface area contributed by atoms with Crippen LogP contribution in [0.5, 0.6) is 0 Å². The molecule has 0 aromatic heterocycles. The summed E-state index contributed by atoms with van der Waals surface area (Å²) in [5.74, 6) is -2.10. The van der Waals surface area contributed by atoms with Crippen molar-refractivity contribution < 1.29 is 13.2 Å². The predicted molar refractivity (Wildman–Crippen MR) is 69.3 cm³/mol. The normalized spacial score (nSPS) is 17.9. The van der Waals surface area contributed by atoms with E-state index in [1.165, 1.54) is 25.7 Å². The Morgan fingerprint density at radius 1 is 1.11 bits per heavy atom. The van der Waals surface area contributed by atoms with Gasteiger partial charge in [-0.3, -0.25) is 0 Å². The van der Waals surface area contributed by atoms with E-state index in [2.05, 4.69) is 5.32 Å². The Kier molecular flexibility index (Phi) is 4.86. The van der Waals surface area contributed by atoms with Crippen LogP contribution < -0.4 is 5.32 Å². The van der Waals surface area contributed by atoms with Crippen LogP contribution in [0.1, 0.15) is 50.1 Å². The second kappa shape index (κ2) is 6.42. The quantitative estimate of drug-likeness (QED) is 0.786. The third-order valence-corrected chi connectivity index (χ3v) is 4.10. The summed E-state index contributed by atoms with van der Waals surface area (Å²) in [4.78, 5) is 0. The molecule has 0 bridgehead atoms. The number of nitrogens with one attached hydrogen (secondary N) is 1. The molecule has 1 saturated carbocycles. The van der Waals surface area contributed by atoms with Crippen LogP contribution in [0.25, 0.3) is 0 Å². The van der Waals surface area contributed by atoms with Crippen molar-refractivity contribution in [3.05, 3.63) is 35.1 Å². The predicted octanol–water partition coefficient (Wildman–Crippen LogP) is 4.33. The molecule has 106 valence electrons. The molecule has 0 amide bonds. The van der Waals surface area contributed by atoms with Crippen LogP contribution in [-0.2, 0) is 0 Å². The largest absolute Gasteiger partial charge is 0.313 e. The Morgan fingerprint density at radius 3 is 2.37 bits per heavy atom. The standard InChI is InChI=1S/C15H20F3N/c1-19-15(7-6-10-4-2-3-5-10)11-8-13(17)14(18)9-12(11)16/h8-10,15,19H,2-7H2,1H3. The molecule has 0 radical (unpaired) electrons. The van der Waals surface area contributed by atoms with Gasteiger partial charge in [0, 0.05) is 17.7 Å². The number of benzene rings is 1. The van der Waals surface area contributed by atoms with Crippen LogP contribution in [0.3, 0.4) is 0 Å². The molecule has 2 rings (SSSR count). The average molecular weight is 271 g/mol. The van der Waals surface area contributed by atoms with Crippen LogP contribution >= 0.6 is 0 Å². The molecular formula is C15H20F3N. The second-order valence-electron chi connectivity index (χ2n) is 5.36. The first-order chi connectivity index (χ1) is 9.11. The van der Waals surface area contributed by atoms with Crippen LogP contribution in [0, 0.1) is 23.4 Å². The lowest BCUT2D eigenvalue weighted by Gasteiger charge is -2.19. The van der Waals surface area contributed by atoms with Crippen LogP contribution in [0.4, 0.5) is 13.2 Å². The van der Waals surface area contributed by atoms with Gasteiger partial charge < -0.3 is 5.32 Å². The summed E-state index contributed by atoms with van der Waals surface area (Å²) in [5, 5.41) is 3.00. The maximum absolute atomic E-state index is 13.7. The van der Waals surface area contributed by atoms with Crippen molar-refractivity contribution in [2.75, 3.05) is 7.05 Å². The summed E-state index contributed by atoms with van der Waals surface area (Å²) in [7, 11) is 1.72. The van der Waals surface area contributed by atoms with Gasteiger partial charge in [0.1, 0.15) is 5.82 Å². The van der Waals surface area contributed by atoms with E-state index in [0.29, 0.717) is 12.0 Å². The fourth-order valence-electron chi connectivity index (χ4n) is 2.96. The van der Waals surface area contributed by atoms with Crippen molar-refractivity contribution in [3.8, 4) is 0 Å². The summed E-state index contributed by atoms with van der Waals surface area (Å²) in [5.41, 5.74) is 0.222. The van der Waals surface area contributed by atoms with Crippen molar-refractivity contribution in [3.63, 3.8) is 0 Å². The summed E-state index contributed by atoms with van der Waals surface area (Å²) in [6.45, 7) is 0. The lowest BCUT2D eigenvalue weighted by molar-refractivity contribution is 0.412. The molecule has 1 aromatic rings. The zero-order valence-corrected chi connectivity index (χ0v) is 11.2. The number of rotatable bonds is 5. The smallest absolute Gasteiger partial charge is 0.161 e. The van der Waals surface area contributed by atoms with E-state index in [0.717, 1.165) is 18.9 Å². The van der Waals surface area contributed by atoms with E-state index in [1.54, 1.807) is 7.05 Å². The van der Waals surface area contributed by atoms with Gasteiger partial charge in [0.15, 0.2) is 11.6 Å². The van der Waals surface area contributed by atoms with E-state index < -0.39 is 17.5 Å². The Bertz CT molecular complexity index is 428. The Morgan fingerprint density at radius 2 is 1.74 bits per heavy atom. The molecule has 4 heteroatoms. The van der Waals surface area contributed by atoms with Crippen molar-refractivity contribution in [2.45, 2.75) is 44.6 Å². The molecule has 1 aliphatic rings. The molecule has 1 aromatic carbocycles. The molecule has 0 aliphatic heterocycles. The molecule has 1 unspecified atom stereocenters. The van der Waals surface area contributed by atoms with Crippen LogP contribution in [0.2, 0.25) is 0 Å². The van der Waals surface area contributed by atoms with Gasteiger partial charge in [0.05, 0.1) is 0 Å². The van der Waals surface area contributed by atoms with Gasteiger partial charge in [0.2, 0.25) is 0 Å². The van der Waals surface area contributed by atoms with Gasteiger partial charge >= 0.3 is 0 Å². The number of halogens is 3. The topological polar surface area (TPSA) is 12.0 Å². The van der Waals surface area contributed by atoms with Gasteiger partial charge in [-0.05, 0) is 31.9 Å². The molecule has 0 spiro atoms. The summed E-state index contributed by atoms with van der Waals surface area (Å²) in [6, 6.07) is 1.35. The second-order valence-corrected chi connectivity index (χ2v) is 5.36. The maximum Gasteiger partial charge on any atom is 0.161 e. The first-order valence-electron chi connectivity index (χ1n) is 6.93. The molecule has 1 N–H and O–H groups in total. The van der Waals surface area contributed by atoms with Crippen molar-refractivity contribution in [2.24, 2.45) is 5.92 Å². The minimum atomic E-state index is -1.13. The number of hydrogen-bond donors (Lipinski definition) is 1. The fraction of sp³-hybridized carbons (Fsp3) is 0.600. The third kappa shape index (κ3) is 3.50. The summed E-state index contributed by atoms with van der Waals surface area (Å²) >= 11 is 0. The average Bonchev–Trinajstić information content (AvgIpc) is 2.89. The molecule has 1 nitrogen and oxygen atoms in total. The van der Waals surface area contributed by atoms with Gasteiger partial charge in [0.25, 0.3) is 0 Å². The SMILES string of the molecule is CNC(CCC1CCCC1)c1cc(F)c(F)cc1F. The first-order valence-corrected chi connectivity index (χ1v) is 6.93. The van der Waals surface area contributed by atoms with Gasteiger partial charge in [-0.25, -0.2) is 13.2 Å². The molecular weight excluding hydrogens is 251 g/mol. The fourth-order valence-corrected chi connectivity index (χ4v) is 2.96. The first kappa shape index (κ1) is 14.4. The van der Waals surface area contributed by atoms with Gasteiger partial charge in [-0.15, -0.1) is 0 Å². The highest BCUT2D eigenvalue weighted by atomic mass is 19.2. The summed E-state index contributed by atoms with van der Waals surface area (Å²) < 4.78 is 39.9. The lowest BCUT2D eigenvalue weighted by Crippen LogP contribution is -2.19. The zero-order valence-electron chi connectivity index (χ0n) is 11.2. The van der Waals surface area contributed by atoms with Crippen LogP contribution in [0.15, 0.2) is 12.1 Å². The zero-order chi connectivity index (χ0) is 13.8. The monoisotopic (exact) mass is 271 g/mol. The van der Waals surface area contributed by atoms with E-state index in [4.69, 9.17) is 0 Å². The highest BCUT2D eigenvalue weighted by Gasteiger charge is 2.21. The molecule has 1 fully saturated rings.